The minimum Gasteiger partial charge on any atom is -0.301 e. The van der Waals surface area contributed by atoms with Crippen LogP contribution in [0.5, 0.6) is 0 Å². The molecule has 0 spiro atoms. The van der Waals surface area contributed by atoms with Crippen molar-refractivity contribution in [2.45, 2.75) is 0 Å². The molecule has 5 nitrogen and oxygen atoms in total. The summed E-state index contributed by atoms with van der Waals surface area (Å²) in [6.07, 6.45) is 3.64. The van der Waals surface area contributed by atoms with Gasteiger partial charge in [0.15, 0.2) is 0 Å². The molecule has 0 saturated carbocycles. The highest BCUT2D eigenvalue weighted by atomic mass is 16.6. The first-order valence-corrected chi connectivity index (χ1v) is 2.83. The Morgan fingerprint density at radius 1 is 1.36 bits per heavy atom. The van der Waals surface area contributed by atoms with Crippen LogP contribution < -0.4 is 0 Å². The van der Waals surface area contributed by atoms with Crippen LogP contribution in [0.1, 0.15) is 0 Å². The maximum Gasteiger partial charge on any atom is 0.296 e. The molecule has 0 unspecified atom stereocenters. The van der Waals surface area contributed by atoms with Crippen LogP contribution in [0.4, 0.5) is 0 Å². The van der Waals surface area contributed by atoms with Crippen molar-refractivity contribution in [1.29, 1.82) is 10.8 Å². The number of nitrogens with zero attached hydrogens (tertiary/aromatic N) is 1. The smallest absolute Gasteiger partial charge is 0.296 e. The average molecular weight is 151 g/mol. The van der Waals surface area contributed by atoms with Gasteiger partial charge in [-0.2, -0.15) is 0 Å². The zero-order chi connectivity index (χ0) is 8.43. The van der Waals surface area contributed by atoms with E-state index in [0.29, 0.717) is 0 Å². The lowest BCUT2D eigenvalue weighted by atomic mass is 10.1. The van der Waals surface area contributed by atoms with E-state index in [1.54, 1.807) is 0 Å². The standard InChI is InChI=1S/C6H5N3O2/c7-4-1-2-5(8)6(3-4)9(10)11/h1-3,7-8H. The zero-order valence-electron chi connectivity index (χ0n) is 5.50. The van der Waals surface area contributed by atoms with E-state index in [2.05, 4.69) is 0 Å². The minimum atomic E-state index is -0.666. The summed E-state index contributed by atoms with van der Waals surface area (Å²) in [6, 6.07) is 0. The molecule has 0 fully saturated rings. The van der Waals surface area contributed by atoms with Gasteiger partial charge in [0.2, 0.25) is 0 Å². The van der Waals surface area contributed by atoms with Gasteiger partial charge >= 0.3 is 0 Å². The second kappa shape index (κ2) is 2.45. The van der Waals surface area contributed by atoms with E-state index in [1.807, 2.05) is 0 Å². The van der Waals surface area contributed by atoms with E-state index < -0.39 is 4.92 Å². The summed E-state index contributed by atoms with van der Waals surface area (Å²) >= 11 is 0. The number of nitrogens with one attached hydrogen (secondary N) is 2. The van der Waals surface area contributed by atoms with Crippen LogP contribution in [-0.2, 0) is 0 Å². The minimum absolute atomic E-state index is 0.0488. The van der Waals surface area contributed by atoms with Gasteiger partial charge in [0.25, 0.3) is 5.70 Å². The van der Waals surface area contributed by atoms with Gasteiger partial charge in [0.05, 0.1) is 10.6 Å². The predicted molar refractivity (Wildman–Crippen MR) is 39.7 cm³/mol. The van der Waals surface area contributed by atoms with Gasteiger partial charge < -0.3 is 5.41 Å². The Morgan fingerprint density at radius 2 is 2.00 bits per heavy atom. The van der Waals surface area contributed by atoms with Crippen molar-refractivity contribution in [1.82, 2.24) is 0 Å². The van der Waals surface area contributed by atoms with Crippen LogP contribution in [0, 0.1) is 20.9 Å². The normalized spacial score (nSPS) is 16.5. The molecule has 5 heteroatoms. The molecule has 0 aliphatic heterocycles. The van der Waals surface area contributed by atoms with Gasteiger partial charge in [-0.3, -0.25) is 15.5 Å². The molecule has 2 N–H and O–H groups in total. The third-order valence-electron chi connectivity index (χ3n) is 1.19. The SMILES string of the molecule is N=C1C=CC(=N)C([N+](=O)[O-])=C1. The topological polar surface area (TPSA) is 90.8 Å². The summed E-state index contributed by atoms with van der Waals surface area (Å²) in [7, 11) is 0. The van der Waals surface area contributed by atoms with Crippen molar-refractivity contribution >= 4 is 11.4 Å². The highest BCUT2D eigenvalue weighted by Gasteiger charge is 2.18. The number of allylic oxidation sites excluding steroid dienone is 3. The van der Waals surface area contributed by atoms with Crippen molar-refractivity contribution in [3.8, 4) is 0 Å². The third kappa shape index (κ3) is 1.37. The molecule has 11 heavy (non-hydrogen) atoms. The largest absolute Gasteiger partial charge is 0.301 e. The summed E-state index contributed by atoms with van der Waals surface area (Å²) in [5, 5.41) is 24.3. The van der Waals surface area contributed by atoms with Crippen LogP contribution in [0.2, 0.25) is 0 Å². The lowest BCUT2D eigenvalue weighted by molar-refractivity contribution is -0.414. The van der Waals surface area contributed by atoms with Crippen LogP contribution in [0.25, 0.3) is 0 Å². The first kappa shape index (κ1) is 7.33. The van der Waals surface area contributed by atoms with Gasteiger partial charge in [0.1, 0.15) is 5.71 Å². The van der Waals surface area contributed by atoms with Crippen LogP contribution in [0.3, 0.4) is 0 Å². The Labute approximate surface area is 62.2 Å². The lowest BCUT2D eigenvalue weighted by Gasteiger charge is -1.99. The van der Waals surface area contributed by atoms with Gasteiger partial charge in [-0.05, 0) is 12.2 Å². The molecule has 0 aromatic rings. The Kier molecular flexibility index (Phi) is 1.63. The quantitative estimate of drug-likeness (QED) is 0.329. The average Bonchev–Trinajstić information content (AvgIpc) is 1.94. The molecule has 0 saturated heterocycles. The number of hydrogen-bond donors (Lipinski definition) is 2. The Balaban J connectivity index is 3.03. The Morgan fingerprint density at radius 3 is 2.45 bits per heavy atom. The molecule has 0 radical (unpaired) electrons. The summed E-state index contributed by atoms with van der Waals surface area (Å²) < 4.78 is 0. The fourth-order valence-electron chi connectivity index (χ4n) is 0.683. The van der Waals surface area contributed by atoms with E-state index in [4.69, 9.17) is 10.8 Å². The summed E-state index contributed by atoms with van der Waals surface area (Å²) in [6.45, 7) is 0. The molecule has 0 atom stereocenters. The molecule has 0 heterocycles. The molecule has 0 bridgehead atoms. The first-order valence-electron chi connectivity index (χ1n) is 2.83. The van der Waals surface area contributed by atoms with Gasteiger partial charge in [-0.15, -0.1) is 0 Å². The number of nitro groups is 1. The summed E-state index contributed by atoms with van der Waals surface area (Å²) in [5.41, 5.74) is -0.434. The highest BCUT2D eigenvalue weighted by molar-refractivity contribution is 6.18. The lowest BCUT2D eigenvalue weighted by Crippen LogP contribution is -2.13. The van der Waals surface area contributed by atoms with E-state index in [1.165, 1.54) is 12.2 Å². The maximum absolute atomic E-state index is 10.2. The second-order valence-electron chi connectivity index (χ2n) is 1.99. The summed E-state index contributed by atoms with van der Waals surface area (Å²) in [4.78, 5) is 9.51. The fourth-order valence-corrected chi connectivity index (χ4v) is 0.683. The molecule has 1 rings (SSSR count). The van der Waals surface area contributed by atoms with Crippen molar-refractivity contribution in [3.63, 3.8) is 0 Å². The van der Waals surface area contributed by atoms with Crippen LogP contribution in [-0.4, -0.2) is 16.3 Å². The van der Waals surface area contributed by atoms with Gasteiger partial charge in [-0.1, -0.05) is 0 Å². The monoisotopic (exact) mass is 151 g/mol. The number of rotatable bonds is 1. The van der Waals surface area contributed by atoms with Gasteiger partial charge in [0, 0.05) is 6.08 Å². The van der Waals surface area contributed by atoms with E-state index in [0.717, 1.165) is 6.08 Å². The Hall–Kier alpha value is -1.78. The van der Waals surface area contributed by atoms with Crippen molar-refractivity contribution in [2.24, 2.45) is 0 Å². The van der Waals surface area contributed by atoms with Crippen molar-refractivity contribution in [3.05, 3.63) is 34.0 Å². The second-order valence-corrected chi connectivity index (χ2v) is 1.99. The predicted octanol–water partition coefficient (Wildman–Crippen LogP) is 0.756. The molecule has 0 amide bonds. The maximum atomic E-state index is 10.2. The molecule has 56 valence electrons. The molecule has 0 aromatic heterocycles. The van der Waals surface area contributed by atoms with Crippen molar-refractivity contribution < 1.29 is 4.92 Å². The summed E-state index contributed by atoms with van der Waals surface area (Å²) in [5.74, 6) is 0. The van der Waals surface area contributed by atoms with E-state index in [-0.39, 0.29) is 17.1 Å². The number of hydrogen-bond acceptors (Lipinski definition) is 4. The molecule has 1 aliphatic rings. The highest BCUT2D eigenvalue weighted by Crippen LogP contribution is 2.05. The van der Waals surface area contributed by atoms with Crippen LogP contribution >= 0.6 is 0 Å². The molecular weight excluding hydrogens is 146 g/mol. The fraction of sp³-hybridized carbons (Fsp3) is 0. The first-order chi connectivity index (χ1) is 5.11. The van der Waals surface area contributed by atoms with Gasteiger partial charge in [-0.25, -0.2) is 0 Å². The van der Waals surface area contributed by atoms with Crippen LogP contribution in [0.15, 0.2) is 23.9 Å². The molecule has 0 aromatic carbocycles. The van der Waals surface area contributed by atoms with E-state index >= 15 is 0 Å². The zero-order valence-corrected chi connectivity index (χ0v) is 5.50. The molecule has 1 aliphatic carbocycles. The Bertz CT molecular complexity index is 301. The van der Waals surface area contributed by atoms with Crippen molar-refractivity contribution in [2.75, 3.05) is 0 Å². The van der Waals surface area contributed by atoms with E-state index in [9.17, 15) is 10.1 Å². The molecular formula is C6H5N3O2. The third-order valence-corrected chi connectivity index (χ3v) is 1.19.